The number of rotatable bonds is 0. The van der Waals surface area contributed by atoms with Gasteiger partial charge in [0, 0.05) is 5.69 Å². The third-order valence-corrected chi connectivity index (χ3v) is 1.65. The van der Waals surface area contributed by atoms with Crippen LogP contribution in [0.3, 0.4) is 0 Å². The second-order valence-corrected chi connectivity index (χ2v) is 2.29. The van der Waals surface area contributed by atoms with E-state index in [9.17, 15) is 0 Å². The zero-order chi connectivity index (χ0) is 6.85. The van der Waals surface area contributed by atoms with Crippen LogP contribution in [0.1, 0.15) is 5.56 Å². The van der Waals surface area contributed by atoms with Crippen LogP contribution in [0.2, 0.25) is 0 Å². The minimum absolute atomic E-state index is 0.884. The van der Waals surface area contributed by atoms with Crippen LogP contribution in [-0.4, -0.2) is 7.85 Å². The smallest absolute Gasteiger partial charge is 0.139 e. The maximum Gasteiger partial charge on any atom is 0.139 e. The SMILES string of the molecule is Bc1cccc(N)c1C. The Hall–Kier alpha value is -0.915. The zero-order valence-corrected chi connectivity index (χ0v) is 5.81. The summed E-state index contributed by atoms with van der Waals surface area (Å²) in [5.41, 5.74) is 8.96. The monoisotopic (exact) mass is 119 g/mol. The zero-order valence-electron chi connectivity index (χ0n) is 5.81. The van der Waals surface area contributed by atoms with Crippen LogP contribution in [0.5, 0.6) is 0 Å². The van der Waals surface area contributed by atoms with E-state index in [4.69, 9.17) is 5.73 Å². The minimum Gasteiger partial charge on any atom is -0.399 e. The van der Waals surface area contributed by atoms with Gasteiger partial charge in [-0.25, -0.2) is 0 Å². The van der Waals surface area contributed by atoms with E-state index >= 15 is 0 Å². The van der Waals surface area contributed by atoms with E-state index in [0.29, 0.717) is 0 Å². The first-order chi connectivity index (χ1) is 4.22. The molecule has 46 valence electrons. The first-order valence-electron chi connectivity index (χ1n) is 3.03. The molecule has 0 bridgehead atoms. The Kier molecular flexibility index (Phi) is 1.47. The van der Waals surface area contributed by atoms with Crippen molar-refractivity contribution in [2.24, 2.45) is 0 Å². The van der Waals surface area contributed by atoms with E-state index in [0.717, 1.165) is 5.69 Å². The molecule has 0 aliphatic rings. The van der Waals surface area contributed by atoms with Crippen molar-refractivity contribution in [3.8, 4) is 0 Å². The van der Waals surface area contributed by atoms with Crippen molar-refractivity contribution in [1.29, 1.82) is 0 Å². The van der Waals surface area contributed by atoms with Gasteiger partial charge in [0.2, 0.25) is 0 Å². The highest BCUT2D eigenvalue weighted by atomic mass is 14.5. The molecule has 9 heavy (non-hydrogen) atoms. The Morgan fingerprint density at radius 3 is 2.56 bits per heavy atom. The Balaban J connectivity index is 3.25. The Bertz CT molecular complexity index is 200. The van der Waals surface area contributed by atoms with Crippen molar-refractivity contribution in [3.05, 3.63) is 23.8 Å². The summed E-state index contributed by atoms with van der Waals surface area (Å²) >= 11 is 0. The summed E-state index contributed by atoms with van der Waals surface area (Å²) < 4.78 is 0. The highest BCUT2D eigenvalue weighted by molar-refractivity contribution is 6.33. The minimum atomic E-state index is 0.884. The molecule has 0 amide bonds. The highest BCUT2D eigenvalue weighted by Gasteiger charge is 1.92. The summed E-state index contributed by atoms with van der Waals surface area (Å²) in [6.07, 6.45) is 0. The van der Waals surface area contributed by atoms with Crippen LogP contribution in [0.15, 0.2) is 18.2 Å². The van der Waals surface area contributed by atoms with Gasteiger partial charge < -0.3 is 5.73 Å². The largest absolute Gasteiger partial charge is 0.399 e. The molecule has 1 aromatic carbocycles. The van der Waals surface area contributed by atoms with E-state index < -0.39 is 0 Å². The fourth-order valence-corrected chi connectivity index (χ4v) is 0.774. The van der Waals surface area contributed by atoms with Gasteiger partial charge in [0.05, 0.1) is 0 Å². The number of hydrogen-bond acceptors (Lipinski definition) is 1. The molecule has 0 aromatic heterocycles. The molecule has 0 aliphatic heterocycles. The lowest BCUT2D eigenvalue weighted by Gasteiger charge is -2.01. The van der Waals surface area contributed by atoms with Crippen LogP contribution in [0, 0.1) is 6.92 Å². The topological polar surface area (TPSA) is 26.0 Å². The number of anilines is 1. The fourth-order valence-electron chi connectivity index (χ4n) is 0.774. The lowest BCUT2D eigenvalue weighted by molar-refractivity contribution is 1.51. The van der Waals surface area contributed by atoms with Crippen LogP contribution in [-0.2, 0) is 0 Å². The van der Waals surface area contributed by atoms with Crippen LogP contribution in [0.25, 0.3) is 0 Å². The number of benzene rings is 1. The van der Waals surface area contributed by atoms with Gasteiger partial charge in [0.25, 0.3) is 0 Å². The number of nitrogens with two attached hydrogens (primary N) is 1. The quantitative estimate of drug-likeness (QED) is 0.372. The molecule has 0 saturated heterocycles. The first kappa shape index (κ1) is 6.21. The Morgan fingerprint density at radius 1 is 1.44 bits per heavy atom. The summed E-state index contributed by atoms with van der Waals surface area (Å²) in [5, 5.41) is 0. The van der Waals surface area contributed by atoms with Crippen molar-refractivity contribution in [2.75, 3.05) is 5.73 Å². The van der Waals surface area contributed by atoms with Crippen molar-refractivity contribution >= 4 is 19.0 Å². The highest BCUT2D eigenvalue weighted by Crippen LogP contribution is 2.03. The van der Waals surface area contributed by atoms with E-state index in [1.54, 1.807) is 0 Å². The van der Waals surface area contributed by atoms with Crippen molar-refractivity contribution in [2.45, 2.75) is 6.92 Å². The van der Waals surface area contributed by atoms with Gasteiger partial charge in [-0.1, -0.05) is 17.6 Å². The lowest BCUT2D eigenvalue weighted by Crippen LogP contribution is -2.08. The molecule has 0 radical (unpaired) electrons. The number of nitrogen functional groups attached to an aromatic ring is 1. The molecule has 1 nitrogen and oxygen atoms in total. The summed E-state index contributed by atoms with van der Waals surface area (Å²) in [7, 11) is 2.06. The molecule has 0 saturated carbocycles. The molecule has 1 aromatic rings. The molecule has 0 heterocycles. The van der Waals surface area contributed by atoms with Crippen LogP contribution in [0.4, 0.5) is 5.69 Å². The van der Waals surface area contributed by atoms with Crippen LogP contribution >= 0.6 is 0 Å². The molecular formula is C7H10BN. The molecule has 0 spiro atoms. The third-order valence-electron chi connectivity index (χ3n) is 1.65. The molecule has 1 rings (SSSR count). The molecule has 2 heteroatoms. The second-order valence-electron chi connectivity index (χ2n) is 2.29. The average molecular weight is 119 g/mol. The predicted molar refractivity (Wildman–Crippen MR) is 43.8 cm³/mol. The molecule has 0 atom stereocenters. The maximum absolute atomic E-state index is 5.62. The summed E-state index contributed by atoms with van der Waals surface area (Å²) in [5.74, 6) is 0. The van der Waals surface area contributed by atoms with Crippen molar-refractivity contribution < 1.29 is 0 Å². The summed E-state index contributed by atoms with van der Waals surface area (Å²) in [4.78, 5) is 0. The third kappa shape index (κ3) is 1.07. The maximum atomic E-state index is 5.62. The summed E-state index contributed by atoms with van der Waals surface area (Å²) in [6.45, 7) is 2.03. The first-order valence-corrected chi connectivity index (χ1v) is 3.03. The summed E-state index contributed by atoms with van der Waals surface area (Å²) in [6, 6.07) is 5.95. The average Bonchev–Trinajstić information content (AvgIpc) is 1.83. The van der Waals surface area contributed by atoms with Gasteiger partial charge in [-0.3, -0.25) is 0 Å². The Morgan fingerprint density at radius 2 is 2.11 bits per heavy atom. The van der Waals surface area contributed by atoms with Gasteiger partial charge in [0.1, 0.15) is 7.85 Å². The molecule has 0 fully saturated rings. The number of hydrogen-bond donors (Lipinski definition) is 1. The molecular weight excluding hydrogens is 109 g/mol. The van der Waals surface area contributed by atoms with Gasteiger partial charge in [-0.05, 0) is 18.6 Å². The van der Waals surface area contributed by atoms with Gasteiger partial charge in [0.15, 0.2) is 0 Å². The molecule has 0 unspecified atom stereocenters. The van der Waals surface area contributed by atoms with Gasteiger partial charge in [-0.2, -0.15) is 0 Å². The Labute approximate surface area is 56.3 Å². The van der Waals surface area contributed by atoms with Gasteiger partial charge in [-0.15, -0.1) is 0 Å². The normalized spacial score (nSPS) is 9.44. The van der Waals surface area contributed by atoms with Crippen LogP contribution < -0.4 is 11.2 Å². The second kappa shape index (κ2) is 2.13. The lowest BCUT2D eigenvalue weighted by atomic mass is 9.91. The molecule has 0 aliphatic carbocycles. The van der Waals surface area contributed by atoms with E-state index in [1.165, 1.54) is 11.0 Å². The molecule has 2 N–H and O–H groups in total. The van der Waals surface area contributed by atoms with E-state index in [2.05, 4.69) is 13.9 Å². The van der Waals surface area contributed by atoms with E-state index in [1.807, 2.05) is 19.1 Å². The predicted octanol–water partition coefficient (Wildman–Crippen LogP) is -0.164. The fraction of sp³-hybridized carbons (Fsp3) is 0.143. The van der Waals surface area contributed by atoms with Crippen molar-refractivity contribution in [1.82, 2.24) is 0 Å². The van der Waals surface area contributed by atoms with E-state index in [-0.39, 0.29) is 0 Å². The van der Waals surface area contributed by atoms with Crippen molar-refractivity contribution in [3.63, 3.8) is 0 Å². The van der Waals surface area contributed by atoms with Gasteiger partial charge >= 0.3 is 0 Å². The standard InChI is InChI=1S/C7H10BN/c1-5-6(8)3-2-4-7(5)9/h2-4H,8-9H2,1H3.